The Morgan fingerprint density at radius 1 is 1.20 bits per heavy atom. The van der Waals surface area contributed by atoms with Crippen LogP contribution in [0.25, 0.3) is 10.9 Å². The van der Waals surface area contributed by atoms with Crippen LogP contribution in [0.3, 0.4) is 0 Å². The van der Waals surface area contributed by atoms with Gasteiger partial charge in [-0.05, 0) is 18.6 Å². The quantitative estimate of drug-likeness (QED) is 0.872. The van der Waals surface area contributed by atoms with E-state index in [1.807, 2.05) is 0 Å². The number of anilines is 1. The fraction of sp³-hybridized carbons (Fsp3) is 0.385. The number of nitrogens with zero attached hydrogens (tertiary/aromatic N) is 3. The predicted octanol–water partition coefficient (Wildman–Crippen LogP) is 2.22. The van der Waals surface area contributed by atoms with E-state index in [9.17, 15) is 18.3 Å². The Morgan fingerprint density at radius 2 is 1.95 bits per heavy atom. The van der Waals surface area contributed by atoms with Gasteiger partial charge in [-0.1, -0.05) is 12.1 Å². The maximum Gasteiger partial charge on any atom is 0.451 e. The number of fused-ring (bicyclic) bond motifs is 1. The highest BCUT2D eigenvalue weighted by Crippen LogP contribution is 2.32. The fourth-order valence-electron chi connectivity index (χ4n) is 2.36. The number of halogens is 3. The van der Waals surface area contributed by atoms with Crippen molar-refractivity contribution in [2.24, 2.45) is 0 Å². The van der Waals surface area contributed by atoms with Crippen LogP contribution in [0.5, 0.6) is 0 Å². The van der Waals surface area contributed by atoms with Gasteiger partial charge in [0.15, 0.2) is 0 Å². The maximum absolute atomic E-state index is 12.9. The Bertz CT molecular complexity index is 644. The highest BCUT2D eigenvalue weighted by Gasteiger charge is 2.36. The van der Waals surface area contributed by atoms with Crippen molar-refractivity contribution in [3.05, 3.63) is 30.1 Å². The Morgan fingerprint density at radius 3 is 2.60 bits per heavy atom. The molecule has 1 N–H and O–H groups in total. The molecule has 0 radical (unpaired) electrons. The van der Waals surface area contributed by atoms with Gasteiger partial charge < -0.3 is 10.0 Å². The van der Waals surface area contributed by atoms with E-state index in [-0.39, 0.29) is 17.9 Å². The fourth-order valence-corrected chi connectivity index (χ4v) is 2.36. The third kappa shape index (κ3) is 2.29. The van der Waals surface area contributed by atoms with Gasteiger partial charge in [-0.3, -0.25) is 0 Å². The second-order valence-electron chi connectivity index (χ2n) is 4.77. The average Bonchev–Trinajstić information content (AvgIpc) is 2.83. The Balaban J connectivity index is 2.17. The van der Waals surface area contributed by atoms with Crippen molar-refractivity contribution in [3.63, 3.8) is 0 Å². The minimum Gasteiger partial charge on any atom is -0.391 e. The van der Waals surface area contributed by atoms with Gasteiger partial charge in [-0.25, -0.2) is 9.97 Å². The molecule has 1 aliphatic rings. The first kappa shape index (κ1) is 13.1. The van der Waals surface area contributed by atoms with Crippen LogP contribution < -0.4 is 4.90 Å². The SMILES string of the molecule is O[C@H]1CCN(c2nc(C(F)(F)F)nc3ccccc23)C1. The molecule has 1 atom stereocenters. The average molecular weight is 283 g/mol. The smallest absolute Gasteiger partial charge is 0.391 e. The minimum absolute atomic E-state index is 0.236. The number of β-amino-alcohol motifs (C(OH)–C–C–N with tert-alkyl or cyclic N) is 1. The molecule has 106 valence electrons. The lowest BCUT2D eigenvalue weighted by Crippen LogP contribution is -2.24. The lowest BCUT2D eigenvalue weighted by atomic mass is 10.2. The number of rotatable bonds is 1. The molecule has 1 aliphatic heterocycles. The standard InChI is InChI=1S/C13H12F3N3O/c14-13(15,16)12-17-10-4-2-1-3-9(10)11(18-12)19-6-5-8(20)7-19/h1-4,8,20H,5-7H2/t8-/m0/s1. The van der Waals surface area contributed by atoms with Crippen molar-refractivity contribution in [1.82, 2.24) is 9.97 Å². The van der Waals surface area contributed by atoms with Gasteiger partial charge in [0.1, 0.15) is 5.82 Å². The zero-order valence-electron chi connectivity index (χ0n) is 10.4. The summed E-state index contributed by atoms with van der Waals surface area (Å²) in [5.41, 5.74) is 0.256. The van der Waals surface area contributed by atoms with Gasteiger partial charge >= 0.3 is 6.18 Å². The van der Waals surface area contributed by atoms with E-state index in [0.717, 1.165) is 0 Å². The summed E-state index contributed by atoms with van der Waals surface area (Å²) in [6, 6.07) is 6.59. The third-order valence-electron chi connectivity index (χ3n) is 3.30. The second kappa shape index (κ2) is 4.59. The van der Waals surface area contributed by atoms with E-state index < -0.39 is 18.1 Å². The zero-order chi connectivity index (χ0) is 14.3. The molecule has 1 aromatic carbocycles. The van der Waals surface area contributed by atoms with E-state index >= 15 is 0 Å². The van der Waals surface area contributed by atoms with Gasteiger partial charge in [-0.15, -0.1) is 0 Å². The number of alkyl halides is 3. The van der Waals surface area contributed by atoms with E-state index in [4.69, 9.17) is 0 Å². The van der Waals surface area contributed by atoms with Crippen molar-refractivity contribution in [2.45, 2.75) is 18.7 Å². The van der Waals surface area contributed by atoms with E-state index in [1.54, 1.807) is 23.1 Å². The first-order valence-corrected chi connectivity index (χ1v) is 6.22. The van der Waals surface area contributed by atoms with Crippen LogP contribution in [0.2, 0.25) is 0 Å². The van der Waals surface area contributed by atoms with E-state index in [0.29, 0.717) is 18.4 Å². The Hall–Kier alpha value is -1.89. The molecule has 7 heteroatoms. The number of aliphatic hydroxyl groups is 1. The van der Waals surface area contributed by atoms with Crippen LogP contribution in [0.4, 0.5) is 19.0 Å². The van der Waals surface area contributed by atoms with Gasteiger partial charge in [-0.2, -0.15) is 13.2 Å². The topological polar surface area (TPSA) is 49.2 Å². The summed E-state index contributed by atoms with van der Waals surface area (Å²) in [5, 5.41) is 10.1. The molecule has 3 rings (SSSR count). The first-order valence-electron chi connectivity index (χ1n) is 6.22. The number of aromatic nitrogens is 2. The highest BCUT2D eigenvalue weighted by molar-refractivity contribution is 5.89. The van der Waals surface area contributed by atoms with E-state index in [1.165, 1.54) is 6.07 Å². The minimum atomic E-state index is -4.59. The molecule has 20 heavy (non-hydrogen) atoms. The van der Waals surface area contributed by atoms with E-state index in [2.05, 4.69) is 9.97 Å². The van der Waals surface area contributed by atoms with Gasteiger partial charge in [0.05, 0.1) is 11.6 Å². The molecule has 1 fully saturated rings. The number of benzene rings is 1. The molecule has 2 heterocycles. The molecule has 0 saturated carbocycles. The summed E-state index contributed by atoms with van der Waals surface area (Å²) in [6.07, 6.45) is -4.59. The van der Waals surface area contributed by atoms with Crippen LogP contribution in [-0.4, -0.2) is 34.3 Å². The normalized spacial score (nSPS) is 19.8. The molecular formula is C13H12F3N3O. The number of aliphatic hydroxyl groups excluding tert-OH is 1. The highest BCUT2D eigenvalue weighted by atomic mass is 19.4. The maximum atomic E-state index is 12.9. The summed E-state index contributed by atoms with van der Waals surface area (Å²) in [5.74, 6) is -0.910. The third-order valence-corrected chi connectivity index (χ3v) is 3.30. The van der Waals surface area contributed by atoms with Crippen molar-refractivity contribution in [2.75, 3.05) is 18.0 Å². The molecular weight excluding hydrogens is 271 g/mol. The molecule has 0 bridgehead atoms. The number of hydrogen-bond donors (Lipinski definition) is 1. The Labute approximate surface area is 112 Å². The summed E-state index contributed by atoms with van der Waals surface area (Å²) in [4.78, 5) is 8.91. The van der Waals surface area contributed by atoms with Gasteiger partial charge in [0.25, 0.3) is 0 Å². The molecule has 0 spiro atoms. The van der Waals surface area contributed by atoms with Crippen LogP contribution >= 0.6 is 0 Å². The van der Waals surface area contributed by atoms with Crippen molar-refractivity contribution in [1.29, 1.82) is 0 Å². The van der Waals surface area contributed by atoms with Crippen LogP contribution in [-0.2, 0) is 6.18 Å². The summed E-state index contributed by atoms with van der Waals surface area (Å²) < 4.78 is 38.6. The van der Waals surface area contributed by atoms with Crippen molar-refractivity contribution >= 4 is 16.7 Å². The molecule has 0 unspecified atom stereocenters. The van der Waals surface area contributed by atoms with Gasteiger partial charge in [0, 0.05) is 18.5 Å². The first-order chi connectivity index (χ1) is 9.45. The van der Waals surface area contributed by atoms with Gasteiger partial charge in [0.2, 0.25) is 5.82 Å². The zero-order valence-corrected chi connectivity index (χ0v) is 10.4. The lowest BCUT2D eigenvalue weighted by molar-refractivity contribution is -0.144. The summed E-state index contributed by atoms with van der Waals surface area (Å²) >= 11 is 0. The second-order valence-corrected chi connectivity index (χ2v) is 4.77. The lowest BCUT2D eigenvalue weighted by Gasteiger charge is -2.19. The summed E-state index contributed by atoms with van der Waals surface area (Å²) in [6.45, 7) is 0.776. The number of hydrogen-bond acceptors (Lipinski definition) is 4. The van der Waals surface area contributed by atoms with Crippen LogP contribution in [0.15, 0.2) is 24.3 Å². The largest absolute Gasteiger partial charge is 0.451 e. The van der Waals surface area contributed by atoms with Crippen LogP contribution in [0, 0.1) is 0 Å². The molecule has 0 aliphatic carbocycles. The summed E-state index contributed by atoms with van der Waals surface area (Å²) in [7, 11) is 0. The monoisotopic (exact) mass is 283 g/mol. The number of para-hydroxylation sites is 1. The molecule has 0 amide bonds. The molecule has 4 nitrogen and oxygen atoms in total. The molecule has 1 saturated heterocycles. The molecule has 2 aromatic rings. The molecule has 1 aromatic heterocycles. The van der Waals surface area contributed by atoms with Crippen molar-refractivity contribution < 1.29 is 18.3 Å². The predicted molar refractivity (Wildman–Crippen MR) is 67.4 cm³/mol. The Kier molecular flexibility index (Phi) is 3.01. The van der Waals surface area contributed by atoms with Crippen molar-refractivity contribution in [3.8, 4) is 0 Å². The van der Waals surface area contributed by atoms with Crippen LogP contribution in [0.1, 0.15) is 12.2 Å².